The van der Waals surface area contributed by atoms with Gasteiger partial charge < -0.3 is 10.0 Å². The predicted octanol–water partition coefficient (Wildman–Crippen LogP) is 5.88. The molecule has 1 saturated carbocycles. The molecule has 0 bridgehead atoms. The number of nitrogens with zero attached hydrogens (tertiary/aromatic N) is 2. The van der Waals surface area contributed by atoms with Crippen molar-refractivity contribution in [3.63, 3.8) is 0 Å². The number of phenolic OH excluding ortho intramolecular Hbond substituents is 1. The third kappa shape index (κ3) is 3.37. The second kappa shape index (κ2) is 8.06. The first kappa shape index (κ1) is 19.8. The van der Waals surface area contributed by atoms with E-state index < -0.39 is 0 Å². The third-order valence-corrected chi connectivity index (χ3v) is 6.90. The zero-order valence-corrected chi connectivity index (χ0v) is 18.0. The minimum atomic E-state index is 0.122. The quantitative estimate of drug-likeness (QED) is 0.646. The van der Waals surface area contributed by atoms with Crippen LogP contribution in [0.3, 0.4) is 0 Å². The van der Waals surface area contributed by atoms with Crippen LogP contribution in [0.2, 0.25) is 0 Å². The summed E-state index contributed by atoms with van der Waals surface area (Å²) in [6.45, 7) is 6.16. The highest BCUT2D eigenvalue weighted by molar-refractivity contribution is 6.06. The van der Waals surface area contributed by atoms with Gasteiger partial charge >= 0.3 is 0 Å². The zero-order chi connectivity index (χ0) is 20.4. The molecule has 2 aliphatic rings. The maximum Gasteiger partial charge on any atom is 0.209 e. The van der Waals surface area contributed by atoms with Crippen LogP contribution >= 0.6 is 0 Å². The fraction of sp³-hybridized carbons (Fsp3) is 0.423. The lowest BCUT2D eigenvalue weighted by atomic mass is 9.67. The highest BCUT2D eigenvalue weighted by Crippen LogP contribution is 2.48. The molecule has 2 aromatic carbocycles. The van der Waals surface area contributed by atoms with Gasteiger partial charge in [-0.25, -0.2) is 0 Å². The highest BCUT2D eigenvalue weighted by atomic mass is 16.3. The second-order valence-electron chi connectivity index (χ2n) is 8.35. The van der Waals surface area contributed by atoms with Gasteiger partial charge in [0, 0.05) is 48.1 Å². The molecular weight excluding hydrogens is 356 g/mol. The first-order valence-electron chi connectivity index (χ1n) is 11.1. The summed E-state index contributed by atoms with van der Waals surface area (Å²) >= 11 is 0. The summed E-state index contributed by atoms with van der Waals surface area (Å²) in [6, 6.07) is 14.9. The maximum absolute atomic E-state index is 10.6. The fourth-order valence-electron chi connectivity index (χ4n) is 5.34. The predicted molar refractivity (Wildman–Crippen MR) is 123 cm³/mol. The van der Waals surface area contributed by atoms with Crippen LogP contribution in [0.25, 0.3) is 6.08 Å². The first-order chi connectivity index (χ1) is 14.1. The number of para-hydroxylation sites is 1. The van der Waals surface area contributed by atoms with Crippen LogP contribution in [0, 0.1) is 0 Å². The molecule has 0 atom stereocenters. The molecular formula is C26H33N2O+. The topological polar surface area (TPSA) is 26.5 Å². The lowest BCUT2D eigenvalue weighted by Crippen LogP contribution is -2.36. The number of aromatic hydroxyl groups is 1. The summed E-state index contributed by atoms with van der Waals surface area (Å²) in [5, 5.41) is 10.6. The molecule has 152 valence electrons. The summed E-state index contributed by atoms with van der Waals surface area (Å²) in [5.41, 5.74) is 6.25. The van der Waals surface area contributed by atoms with Gasteiger partial charge in [0.1, 0.15) is 12.8 Å². The lowest BCUT2D eigenvalue weighted by Gasteiger charge is -2.31. The van der Waals surface area contributed by atoms with Crippen LogP contribution in [-0.4, -0.2) is 35.5 Å². The van der Waals surface area contributed by atoms with E-state index in [1.807, 2.05) is 12.1 Å². The van der Waals surface area contributed by atoms with E-state index in [9.17, 15) is 5.11 Å². The van der Waals surface area contributed by atoms with E-state index in [0.29, 0.717) is 5.75 Å². The van der Waals surface area contributed by atoms with Gasteiger partial charge in [-0.2, -0.15) is 4.58 Å². The summed E-state index contributed by atoms with van der Waals surface area (Å²) in [6.07, 6.45) is 10.7. The van der Waals surface area contributed by atoms with Crippen molar-refractivity contribution in [3.05, 3.63) is 59.7 Å². The van der Waals surface area contributed by atoms with Gasteiger partial charge in [0.25, 0.3) is 0 Å². The van der Waals surface area contributed by atoms with Gasteiger partial charge in [-0.3, -0.25) is 0 Å². The third-order valence-electron chi connectivity index (χ3n) is 6.90. The maximum atomic E-state index is 10.6. The van der Waals surface area contributed by atoms with Gasteiger partial charge in [0.15, 0.2) is 5.71 Å². The Hall–Kier alpha value is -2.55. The van der Waals surface area contributed by atoms with E-state index in [1.165, 1.54) is 49.1 Å². The summed E-state index contributed by atoms with van der Waals surface area (Å²) < 4.78 is 2.36. The Morgan fingerprint density at radius 3 is 2.41 bits per heavy atom. The molecule has 1 spiro atoms. The number of rotatable bonds is 5. The lowest BCUT2D eigenvalue weighted by molar-refractivity contribution is -0.401. The molecule has 29 heavy (non-hydrogen) atoms. The molecule has 1 heterocycles. The number of fused-ring (bicyclic) bond motifs is 2. The normalized spacial score (nSPS) is 17.9. The Morgan fingerprint density at radius 2 is 1.72 bits per heavy atom. The van der Waals surface area contributed by atoms with Crippen molar-refractivity contribution in [2.45, 2.75) is 51.4 Å². The van der Waals surface area contributed by atoms with Crippen molar-refractivity contribution in [2.24, 2.45) is 0 Å². The minimum absolute atomic E-state index is 0.122. The SMILES string of the molecule is CCN(CC)c1ccc(/C=C/C2=[N+](C)c3ccccc3C23CCCCC3)c(O)c1. The number of hydrogen-bond donors (Lipinski definition) is 1. The van der Waals surface area contributed by atoms with Gasteiger partial charge in [-0.05, 0) is 44.9 Å². The van der Waals surface area contributed by atoms with E-state index in [0.717, 1.165) is 24.3 Å². The molecule has 2 aromatic rings. The molecule has 1 N–H and O–H groups in total. The summed E-state index contributed by atoms with van der Waals surface area (Å²) in [5.74, 6) is 0.349. The van der Waals surface area contributed by atoms with Gasteiger partial charge in [0.05, 0.1) is 5.41 Å². The van der Waals surface area contributed by atoms with E-state index in [2.05, 4.69) is 72.9 Å². The molecule has 0 unspecified atom stereocenters. The Morgan fingerprint density at radius 1 is 1.00 bits per heavy atom. The molecule has 3 heteroatoms. The zero-order valence-electron chi connectivity index (χ0n) is 18.0. The summed E-state index contributed by atoms with van der Waals surface area (Å²) in [4.78, 5) is 2.25. The Balaban J connectivity index is 1.70. The number of phenols is 1. The number of allylic oxidation sites excluding steroid dienone is 1. The largest absolute Gasteiger partial charge is 0.507 e. The molecule has 0 aromatic heterocycles. The van der Waals surface area contributed by atoms with E-state index in [-0.39, 0.29) is 5.41 Å². The van der Waals surface area contributed by atoms with Crippen molar-refractivity contribution in [1.82, 2.24) is 0 Å². The smallest absolute Gasteiger partial charge is 0.209 e. The van der Waals surface area contributed by atoms with Crippen LogP contribution in [-0.2, 0) is 5.41 Å². The van der Waals surface area contributed by atoms with Crippen molar-refractivity contribution in [3.8, 4) is 5.75 Å². The molecule has 0 amide bonds. The van der Waals surface area contributed by atoms with Crippen LogP contribution in [0.5, 0.6) is 5.75 Å². The minimum Gasteiger partial charge on any atom is -0.507 e. The average Bonchev–Trinajstić information content (AvgIpc) is 2.97. The molecule has 0 radical (unpaired) electrons. The van der Waals surface area contributed by atoms with Crippen molar-refractivity contribution >= 4 is 23.2 Å². The standard InChI is InChI=1S/C26H32N2O/c1-4-28(5-2)21-15-13-20(24(29)19-21)14-16-25-26(17-9-6-10-18-26)22-11-7-8-12-23(22)27(25)3/h7-8,11-16,19H,4-6,9-10,17-18H2,1-3H3/p+1. The average molecular weight is 390 g/mol. The monoisotopic (exact) mass is 389 g/mol. The fourth-order valence-corrected chi connectivity index (χ4v) is 5.34. The van der Waals surface area contributed by atoms with Gasteiger partial charge in [-0.15, -0.1) is 0 Å². The van der Waals surface area contributed by atoms with Crippen LogP contribution in [0.1, 0.15) is 57.1 Å². The molecule has 1 aliphatic carbocycles. The van der Waals surface area contributed by atoms with E-state index in [4.69, 9.17) is 0 Å². The van der Waals surface area contributed by atoms with Crippen molar-refractivity contribution in [2.75, 3.05) is 25.0 Å². The molecule has 1 fully saturated rings. The van der Waals surface area contributed by atoms with Crippen LogP contribution < -0.4 is 4.90 Å². The van der Waals surface area contributed by atoms with Gasteiger partial charge in [0.2, 0.25) is 5.69 Å². The number of hydrogen-bond acceptors (Lipinski definition) is 2. The van der Waals surface area contributed by atoms with E-state index >= 15 is 0 Å². The molecule has 1 aliphatic heterocycles. The molecule has 3 nitrogen and oxygen atoms in total. The Kier molecular flexibility index (Phi) is 5.49. The highest BCUT2D eigenvalue weighted by Gasteiger charge is 2.50. The summed E-state index contributed by atoms with van der Waals surface area (Å²) in [7, 11) is 2.19. The first-order valence-corrected chi connectivity index (χ1v) is 11.1. The van der Waals surface area contributed by atoms with Crippen molar-refractivity contribution in [1.29, 1.82) is 0 Å². The van der Waals surface area contributed by atoms with Crippen LogP contribution in [0.4, 0.5) is 11.4 Å². The number of benzene rings is 2. The molecule has 4 rings (SSSR count). The van der Waals surface area contributed by atoms with E-state index in [1.54, 1.807) is 0 Å². The van der Waals surface area contributed by atoms with Gasteiger partial charge in [-0.1, -0.05) is 37.5 Å². The second-order valence-corrected chi connectivity index (χ2v) is 8.35. The molecule has 0 saturated heterocycles. The Labute approximate surface area is 175 Å². The Bertz CT molecular complexity index is 947. The van der Waals surface area contributed by atoms with Crippen molar-refractivity contribution < 1.29 is 9.68 Å². The number of anilines is 1. The van der Waals surface area contributed by atoms with Crippen LogP contribution in [0.15, 0.2) is 48.5 Å².